The van der Waals surface area contributed by atoms with Gasteiger partial charge in [-0.2, -0.15) is 0 Å². The number of carbonyl (C=O) groups excluding carboxylic acids is 2. The third-order valence-electron chi connectivity index (χ3n) is 7.46. The van der Waals surface area contributed by atoms with Gasteiger partial charge in [0.05, 0.1) is 0 Å². The lowest BCUT2D eigenvalue weighted by Crippen LogP contribution is -2.53. The van der Waals surface area contributed by atoms with E-state index in [0.29, 0.717) is 36.6 Å². The number of carbonyl (C=O) groups is 2. The van der Waals surface area contributed by atoms with Crippen molar-refractivity contribution in [2.75, 3.05) is 13.1 Å². The third-order valence-corrected chi connectivity index (χ3v) is 7.46. The molecule has 2 unspecified atom stereocenters. The lowest BCUT2D eigenvalue weighted by molar-refractivity contribution is -0.151. The maximum Gasteiger partial charge on any atom is 0.264 e. The minimum Gasteiger partial charge on any atom is -0.372 e. The molecular formula is C28H31N3O3. The van der Waals surface area contributed by atoms with Crippen LogP contribution < -0.4 is 5.32 Å². The van der Waals surface area contributed by atoms with Crippen LogP contribution in [0.2, 0.25) is 0 Å². The molecule has 34 heavy (non-hydrogen) atoms. The van der Waals surface area contributed by atoms with E-state index < -0.39 is 17.6 Å². The average Bonchev–Trinajstić information content (AvgIpc) is 3.40. The molecule has 2 atom stereocenters. The number of rotatable bonds is 4. The SMILES string of the molecule is CC1=C(CNC(=O)C2CCCN2C(=O)C2(O)c3ccccc3-c3ccccc32)CCC(C)C=N1. The lowest BCUT2D eigenvalue weighted by Gasteiger charge is -2.33. The molecule has 0 aromatic heterocycles. The number of nitrogens with zero attached hydrogens (tertiary/aromatic N) is 2. The number of allylic oxidation sites excluding steroid dienone is 1. The van der Waals surface area contributed by atoms with Crippen molar-refractivity contribution in [3.05, 3.63) is 70.9 Å². The van der Waals surface area contributed by atoms with Crippen molar-refractivity contribution < 1.29 is 14.7 Å². The van der Waals surface area contributed by atoms with Crippen molar-refractivity contribution >= 4 is 18.0 Å². The molecule has 0 radical (unpaired) electrons. The topological polar surface area (TPSA) is 82.0 Å². The van der Waals surface area contributed by atoms with Crippen LogP contribution in [0.1, 0.15) is 50.7 Å². The second-order valence-electron chi connectivity index (χ2n) is 9.66. The Bertz CT molecular complexity index is 1150. The van der Waals surface area contributed by atoms with Gasteiger partial charge < -0.3 is 15.3 Å². The van der Waals surface area contributed by atoms with E-state index in [2.05, 4.69) is 17.2 Å². The van der Waals surface area contributed by atoms with Crippen LogP contribution in [-0.4, -0.2) is 47.2 Å². The Labute approximate surface area is 200 Å². The zero-order chi connectivity index (χ0) is 23.9. The number of aliphatic imine (C=N–C) groups is 1. The second-order valence-corrected chi connectivity index (χ2v) is 9.66. The summed E-state index contributed by atoms with van der Waals surface area (Å²) in [5, 5.41) is 14.9. The van der Waals surface area contributed by atoms with E-state index >= 15 is 0 Å². The van der Waals surface area contributed by atoms with Gasteiger partial charge in [0, 0.05) is 36.1 Å². The summed E-state index contributed by atoms with van der Waals surface area (Å²) in [4.78, 5) is 33.2. The molecule has 2 amide bonds. The van der Waals surface area contributed by atoms with Crippen LogP contribution in [0.3, 0.4) is 0 Å². The van der Waals surface area contributed by atoms with Gasteiger partial charge in [0.1, 0.15) is 6.04 Å². The number of benzene rings is 2. The normalized spacial score (nSPS) is 22.9. The average molecular weight is 458 g/mol. The van der Waals surface area contributed by atoms with Crippen LogP contribution in [0.15, 0.2) is 64.8 Å². The highest BCUT2D eigenvalue weighted by Gasteiger charge is 2.52. The molecule has 0 saturated carbocycles. The summed E-state index contributed by atoms with van der Waals surface area (Å²) in [5.74, 6) is -0.176. The van der Waals surface area contributed by atoms with Crippen LogP contribution in [0.5, 0.6) is 0 Å². The molecule has 2 aromatic carbocycles. The predicted molar refractivity (Wildman–Crippen MR) is 132 cm³/mol. The zero-order valence-electron chi connectivity index (χ0n) is 19.8. The Morgan fingerprint density at radius 3 is 2.41 bits per heavy atom. The molecule has 1 saturated heterocycles. The van der Waals surface area contributed by atoms with Crippen LogP contribution in [-0.2, 0) is 15.2 Å². The monoisotopic (exact) mass is 457 g/mol. The Kier molecular flexibility index (Phi) is 5.86. The van der Waals surface area contributed by atoms with E-state index in [9.17, 15) is 14.7 Å². The van der Waals surface area contributed by atoms with Gasteiger partial charge >= 0.3 is 0 Å². The fourth-order valence-corrected chi connectivity index (χ4v) is 5.45. The smallest absolute Gasteiger partial charge is 0.264 e. The summed E-state index contributed by atoms with van der Waals surface area (Å²) in [6, 6.07) is 14.4. The molecule has 1 fully saturated rings. The lowest BCUT2D eigenvalue weighted by atomic mass is 9.89. The van der Waals surface area contributed by atoms with Crippen LogP contribution >= 0.6 is 0 Å². The number of hydrogen-bond donors (Lipinski definition) is 2. The molecule has 6 heteroatoms. The fraction of sp³-hybridized carbons (Fsp3) is 0.393. The largest absolute Gasteiger partial charge is 0.372 e. The van der Waals surface area contributed by atoms with Crippen molar-refractivity contribution in [3.63, 3.8) is 0 Å². The van der Waals surface area contributed by atoms with E-state index in [1.54, 1.807) is 17.0 Å². The van der Waals surface area contributed by atoms with Crippen molar-refractivity contribution in [1.82, 2.24) is 10.2 Å². The molecule has 6 nitrogen and oxygen atoms in total. The van der Waals surface area contributed by atoms with Gasteiger partial charge in [-0.15, -0.1) is 0 Å². The maximum atomic E-state index is 13.9. The molecule has 2 aromatic rings. The summed E-state index contributed by atoms with van der Waals surface area (Å²) < 4.78 is 0. The number of likely N-dealkylation sites (tertiary alicyclic amines) is 1. The molecule has 2 aliphatic heterocycles. The van der Waals surface area contributed by atoms with Crippen LogP contribution in [0, 0.1) is 5.92 Å². The summed E-state index contributed by atoms with van der Waals surface area (Å²) >= 11 is 0. The fourth-order valence-electron chi connectivity index (χ4n) is 5.45. The van der Waals surface area contributed by atoms with E-state index in [-0.39, 0.29) is 5.91 Å². The van der Waals surface area contributed by atoms with Gasteiger partial charge in [0.2, 0.25) is 5.91 Å². The molecule has 3 aliphatic rings. The van der Waals surface area contributed by atoms with Gasteiger partial charge in [0.15, 0.2) is 5.60 Å². The van der Waals surface area contributed by atoms with E-state index in [1.807, 2.05) is 49.5 Å². The first-order valence-corrected chi connectivity index (χ1v) is 12.1. The highest BCUT2D eigenvalue weighted by molar-refractivity contribution is 6.00. The summed E-state index contributed by atoms with van der Waals surface area (Å²) in [6.45, 7) is 5.01. The number of fused-ring (bicyclic) bond motifs is 3. The van der Waals surface area contributed by atoms with E-state index in [4.69, 9.17) is 0 Å². The summed E-state index contributed by atoms with van der Waals surface area (Å²) in [5.41, 5.74) is 3.18. The first kappa shape index (κ1) is 22.5. The number of aliphatic hydroxyl groups is 1. The molecule has 2 N–H and O–H groups in total. The Balaban J connectivity index is 1.38. The van der Waals surface area contributed by atoms with Gasteiger partial charge in [-0.25, -0.2) is 0 Å². The number of nitrogens with one attached hydrogen (secondary N) is 1. The standard InChI is InChI=1S/C28H31N3O3/c1-18-13-14-20(19(2)29-16-18)17-30-26(32)25-12-7-15-31(25)27(33)28(34)23-10-5-3-8-21(23)22-9-4-6-11-24(22)28/h3-6,8-11,16,18,25,34H,7,12-15,17H2,1-2H3,(H,30,32). The van der Waals surface area contributed by atoms with Crippen molar-refractivity contribution in [1.29, 1.82) is 0 Å². The third kappa shape index (κ3) is 3.66. The van der Waals surface area contributed by atoms with E-state index in [1.165, 1.54) is 0 Å². The van der Waals surface area contributed by atoms with Crippen molar-refractivity contribution in [2.24, 2.45) is 10.9 Å². The number of amides is 2. The van der Waals surface area contributed by atoms with Crippen molar-refractivity contribution in [2.45, 2.75) is 51.2 Å². The number of hydrogen-bond acceptors (Lipinski definition) is 4. The first-order valence-electron chi connectivity index (χ1n) is 12.1. The van der Waals surface area contributed by atoms with Gasteiger partial charge in [0.25, 0.3) is 5.91 Å². The van der Waals surface area contributed by atoms with Gasteiger partial charge in [-0.1, -0.05) is 55.5 Å². The second kappa shape index (κ2) is 8.84. The van der Waals surface area contributed by atoms with Crippen molar-refractivity contribution in [3.8, 4) is 11.1 Å². The highest BCUT2D eigenvalue weighted by atomic mass is 16.3. The molecule has 0 spiro atoms. The zero-order valence-corrected chi connectivity index (χ0v) is 19.8. The van der Waals surface area contributed by atoms with Crippen LogP contribution in [0.4, 0.5) is 0 Å². The summed E-state index contributed by atoms with van der Waals surface area (Å²) in [6.07, 6.45) is 5.19. The quantitative estimate of drug-likeness (QED) is 0.733. The molecule has 2 heterocycles. The Morgan fingerprint density at radius 2 is 1.74 bits per heavy atom. The van der Waals surface area contributed by atoms with Gasteiger partial charge in [-0.05, 0) is 55.2 Å². The van der Waals surface area contributed by atoms with Gasteiger partial charge in [-0.3, -0.25) is 14.6 Å². The molecule has 1 aliphatic carbocycles. The minimum absolute atomic E-state index is 0.171. The predicted octanol–water partition coefficient (Wildman–Crippen LogP) is 3.78. The Hall–Kier alpha value is -3.25. The Morgan fingerprint density at radius 1 is 1.09 bits per heavy atom. The summed E-state index contributed by atoms with van der Waals surface area (Å²) in [7, 11) is 0. The highest BCUT2D eigenvalue weighted by Crippen LogP contribution is 2.48. The molecular weight excluding hydrogens is 426 g/mol. The maximum absolute atomic E-state index is 13.9. The molecule has 5 rings (SSSR count). The first-order chi connectivity index (χ1) is 16.4. The molecule has 176 valence electrons. The minimum atomic E-state index is -1.79. The van der Waals surface area contributed by atoms with Crippen LogP contribution in [0.25, 0.3) is 11.1 Å². The van der Waals surface area contributed by atoms with E-state index in [0.717, 1.165) is 41.7 Å². The molecule has 0 bridgehead atoms.